The van der Waals surface area contributed by atoms with E-state index in [4.69, 9.17) is 24.8 Å². The number of hydrogen-bond donors (Lipinski definition) is 7. The Kier molecular flexibility index (Phi) is 50.1. The maximum atomic E-state index is 12.2. The van der Waals surface area contributed by atoms with Crippen molar-refractivity contribution in [3.63, 3.8) is 0 Å². The van der Waals surface area contributed by atoms with Crippen molar-refractivity contribution in [1.29, 1.82) is 0 Å². The Bertz CT molecular complexity index is 890. The van der Waals surface area contributed by atoms with Crippen LogP contribution in [0, 0.1) is 0 Å². The number of aliphatic hydroxyl groups excluding tert-OH is 2. The normalized spacial score (nSPS) is 10.5. The standard InChI is InChI=1S/C31H57N3O10.C3H6O2.2C2H6/c35-21-19-32-29(38)25-44-24-23-43-22-20-33-27(36)18-17-26(31(41)42)34-28(37)15-13-11-9-7-5-3-1-2-4-6-8-10-12-14-16-30(39)40;1-3(5)2-4;2*1-2/h26,35H,1-25H2,(H,32,38)(H,33,36)(H,34,37)(H,39,40)(H,41,42);4H,2H2,1H3;2*1-2H3/t26-;;;/m0.../s1. The fourth-order valence-electron chi connectivity index (χ4n) is 4.46. The molecular formula is C38H75N3O12. The SMILES string of the molecule is CC.CC.CC(=O)CO.O=C(O)CCCCCCCCCCCCCCCCC(=O)N[C@@H](CCC(=O)NCCOCCOCC(=O)NCCO)C(=O)O. The third-order valence-corrected chi connectivity index (χ3v) is 7.17. The summed E-state index contributed by atoms with van der Waals surface area (Å²) in [4.78, 5) is 67.1. The van der Waals surface area contributed by atoms with Crippen molar-refractivity contribution in [2.75, 3.05) is 52.7 Å². The van der Waals surface area contributed by atoms with Crippen molar-refractivity contribution in [2.45, 2.75) is 156 Å². The molecule has 0 radical (unpaired) electrons. The molecule has 0 saturated carbocycles. The Morgan fingerprint density at radius 3 is 1.42 bits per heavy atom. The summed E-state index contributed by atoms with van der Waals surface area (Å²) in [7, 11) is 0. The highest BCUT2D eigenvalue weighted by molar-refractivity contribution is 5.84. The Hall–Kier alpha value is -3.14. The van der Waals surface area contributed by atoms with Gasteiger partial charge in [0.25, 0.3) is 0 Å². The fraction of sp³-hybridized carbons (Fsp3) is 0.842. The number of aliphatic hydroxyl groups is 2. The van der Waals surface area contributed by atoms with Crippen LogP contribution in [0.5, 0.6) is 0 Å². The average molecular weight is 766 g/mol. The highest BCUT2D eigenvalue weighted by Gasteiger charge is 2.20. The number of unbranched alkanes of at least 4 members (excludes halogenated alkanes) is 13. The van der Waals surface area contributed by atoms with Gasteiger partial charge in [-0.15, -0.1) is 0 Å². The first-order valence-electron chi connectivity index (χ1n) is 19.7. The predicted octanol–water partition coefficient (Wildman–Crippen LogP) is 4.54. The molecule has 0 spiro atoms. The van der Waals surface area contributed by atoms with Crippen LogP contribution in [0.2, 0.25) is 0 Å². The Morgan fingerprint density at radius 2 is 0.981 bits per heavy atom. The molecule has 0 aromatic heterocycles. The van der Waals surface area contributed by atoms with Crippen LogP contribution in [0.25, 0.3) is 0 Å². The Balaban J connectivity index is -0.00000120. The summed E-state index contributed by atoms with van der Waals surface area (Å²) in [5.41, 5.74) is 0. The molecule has 15 nitrogen and oxygen atoms in total. The largest absolute Gasteiger partial charge is 0.481 e. The van der Waals surface area contributed by atoms with Crippen LogP contribution in [-0.2, 0) is 38.2 Å². The zero-order valence-corrected chi connectivity index (χ0v) is 33.5. The number of ketones is 1. The van der Waals surface area contributed by atoms with E-state index in [1.807, 2.05) is 27.7 Å². The van der Waals surface area contributed by atoms with Crippen LogP contribution in [0.1, 0.15) is 150 Å². The molecule has 0 aliphatic heterocycles. The van der Waals surface area contributed by atoms with Gasteiger partial charge < -0.3 is 45.9 Å². The summed E-state index contributed by atoms with van der Waals surface area (Å²) in [6.07, 6.45) is 15.7. The number of carbonyl (C=O) groups excluding carboxylic acids is 4. The smallest absolute Gasteiger partial charge is 0.326 e. The third kappa shape index (κ3) is 51.0. The van der Waals surface area contributed by atoms with E-state index >= 15 is 0 Å². The summed E-state index contributed by atoms with van der Waals surface area (Å²) < 4.78 is 10.4. The number of carbonyl (C=O) groups is 6. The van der Waals surface area contributed by atoms with E-state index in [0.29, 0.717) is 6.42 Å². The number of ether oxygens (including phenoxy) is 2. The molecule has 0 aliphatic carbocycles. The lowest BCUT2D eigenvalue weighted by Crippen LogP contribution is -2.41. The highest BCUT2D eigenvalue weighted by atomic mass is 16.5. The maximum absolute atomic E-state index is 12.2. The molecule has 1 atom stereocenters. The lowest BCUT2D eigenvalue weighted by atomic mass is 10.0. The predicted molar refractivity (Wildman–Crippen MR) is 206 cm³/mol. The third-order valence-electron chi connectivity index (χ3n) is 7.17. The van der Waals surface area contributed by atoms with Gasteiger partial charge in [0.2, 0.25) is 17.7 Å². The van der Waals surface area contributed by atoms with Crippen LogP contribution in [-0.4, -0.2) is 115 Å². The molecule has 0 rings (SSSR count). The van der Waals surface area contributed by atoms with E-state index in [-0.39, 0.29) is 102 Å². The number of hydrogen-bond acceptors (Lipinski definition) is 10. The molecule has 0 heterocycles. The van der Waals surface area contributed by atoms with Gasteiger partial charge in [-0.1, -0.05) is 105 Å². The Labute approximate surface area is 318 Å². The second-order valence-corrected chi connectivity index (χ2v) is 11.8. The first-order chi connectivity index (χ1) is 25.5. The summed E-state index contributed by atoms with van der Waals surface area (Å²) in [6.45, 7) is 9.79. The van der Waals surface area contributed by atoms with E-state index in [0.717, 1.165) is 38.5 Å². The quantitative estimate of drug-likeness (QED) is 0.0456. The average Bonchev–Trinajstić information content (AvgIpc) is 3.14. The molecule has 0 bridgehead atoms. The summed E-state index contributed by atoms with van der Waals surface area (Å²) in [5.74, 6) is -3.06. The minimum Gasteiger partial charge on any atom is -0.481 e. The number of aliphatic carboxylic acids is 2. The molecule has 3 amide bonds. The van der Waals surface area contributed by atoms with E-state index in [1.165, 1.54) is 51.9 Å². The fourth-order valence-corrected chi connectivity index (χ4v) is 4.46. The zero-order valence-electron chi connectivity index (χ0n) is 33.5. The minimum atomic E-state index is -1.17. The van der Waals surface area contributed by atoms with Gasteiger partial charge in [0, 0.05) is 32.4 Å². The van der Waals surface area contributed by atoms with Crippen molar-refractivity contribution >= 4 is 35.4 Å². The number of nitrogens with one attached hydrogen (secondary N) is 3. The van der Waals surface area contributed by atoms with Gasteiger partial charge in [0.1, 0.15) is 19.3 Å². The molecule has 0 fully saturated rings. The van der Waals surface area contributed by atoms with Gasteiger partial charge in [0.05, 0.1) is 26.4 Å². The van der Waals surface area contributed by atoms with Gasteiger partial charge in [-0.2, -0.15) is 0 Å². The molecule has 0 unspecified atom stereocenters. The first kappa shape index (κ1) is 56.6. The molecule has 15 heteroatoms. The van der Waals surface area contributed by atoms with Gasteiger partial charge in [-0.3, -0.25) is 24.0 Å². The summed E-state index contributed by atoms with van der Waals surface area (Å²) in [5, 5.41) is 42.1. The molecule has 0 aromatic carbocycles. The molecule has 0 saturated heterocycles. The van der Waals surface area contributed by atoms with Crippen LogP contribution < -0.4 is 16.0 Å². The maximum Gasteiger partial charge on any atom is 0.326 e. The second-order valence-electron chi connectivity index (χ2n) is 11.8. The number of Topliss-reactive ketones (excluding diaryl/α,β-unsaturated/α-hetero) is 1. The highest BCUT2D eigenvalue weighted by Crippen LogP contribution is 2.14. The zero-order chi connectivity index (χ0) is 41.0. The van der Waals surface area contributed by atoms with Gasteiger partial charge in [-0.05, 0) is 26.2 Å². The van der Waals surface area contributed by atoms with E-state index in [9.17, 15) is 33.9 Å². The van der Waals surface area contributed by atoms with Crippen LogP contribution in [0.3, 0.4) is 0 Å². The van der Waals surface area contributed by atoms with E-state index in [2.05, 4.69) is 16.0 Å². The van der Waals surface area contributed by atoms with Gasteiger partial charge in [0.15, 0.2) is 5.78 Å². The van der Waals surface area contributed by atoms with Crippen molar-refractivity contribution in [3.8, 4) is 0 Å². The number of amides is 3. The summed E-state index contributed by atoms with van der Waals surface area (Å²) in [6, 6.07) is -1.12. The monoisotopic (exact) mass is 766 g/mol. The molecular weight excluding hydrogens is 690 g/mol. The lowest BCUT2D eigenvalue weighted by Gasteiger charge is -2.14. The second kappa shape index (κ2) is 46.9. The van der Waals surface area contributed by atoms with Crippen molar-refractivity contribution in [2.24, 2.45) is 0 Å². The van der Waals surface area contributed by atoms with Crippen LogP contribution in [0.15, 0.2) is 0 Å². The van der Waals surface area contributed by atoms with Gasteiger partial charge >= 0.3 is 11.9 Å². The topological polar surface area (TPSA) is 238 Å². The van der Waals surface area contributed by atoms with Crippen LogP contribution in [0.4, 0.5) is 0 Å². The van der Waals surface area contributed by atoms with Crippen molar-refractivity contribution < 1.29 is 58.7 Å². The Morgan fingerprint density at radius 1 is 0.547 bits per heavy atom. The molecule has 0 aromatic rings. The minimum absolute atomic E-state index is 0.00720. The van der Waals surface area contributed by atoms with E-state index < -0.39 is 18.0 Å². The van der Waals surface area contributed by atoms with E-state index in [1.54, 1.807) is 0 Å². The summed E-state index contributed by atoms with van der Waals surface area (Å²) >= 11 is 0. The molecule has 7 N–H and O–H groups in total. The number of rotatable bonds is 33. The molecule has 53 heavy (non-hydrogen) atoms. The van der Waals surface area contributed by atoms with Crippen molar-refractivity contribution in [1.82, 2.24) is 16.0 Å². The molecule has 314 valence electrons. The number of carboxylic acids is 2. The van der Waals surface area contributed by atoms with Crippen LogP contribution >= 0.6 is 0 Å². The van der Waals surface area contributed by atoms with Crippen molar-refractivity contribution in [3.05, 3.63) is 0 Å². The lowest BCUT2D eigenvalue weighted by molar-refractivity contribution is -0.142. The molecule has 0 aliphatic rings. The number of carboxylic acid groups (broad SMARTS) is 2. The van der Waals surface area contributed by atoms with Gasteiger partial charge in [-0.25, -0.2) is 4.79 Å². The first-order valence-corrected chi connectivity index (χ1v) is 19.7.